The first-order valence-electron chi connectivity index (χ1n) is 7.86. The van der Waals surface area contributed by atoms with Crippen LogP contribution in [-0.2, 0) is 11.8 Å². The second-order valence-corrected chi connectivity index (χ2v) is 7.81. The second kappa shape index (κ2) is 7.01. The van der Waals surface area contributed by atoms with Gasteiger partial charge in [0, 0.05) is 30.6 Å². The van der Waals surface area contributed by atoms with Gasteiger partial charge in [0.1, 0.15) is 6.10 Å². The van der Waals surface area contributed by atoms with Crippen LogP contribution in [0.25, 0.3) is 28.2 Å². The molecule has 0 aromatic carbocycles. The summed E-state index contributed by atoms with van der Waals surface area (Å²) in [5.41, 5.74) is 3.57. The van der Waals surface area contributed by atoms with Crippen LogP contribution in [-0.4, -0.2) is 43.6 Å². The summed E-state index contributed by atoms with van der Waals surface area (Å²) in [5.74, 6) is 0.736. The Hall–Kier alpha value is -1.51. The predicted molar refractivity (Wildman–Crippen MR) is 107 cm³/mol. The van der Waals surface area contributed by atoms with Gasteiger partial charge in [-0.25, -0.2) is 14.1 Å². The van der Waals surface area contributed by atoms with E-state index < -0.39 is 0 Å². The minimum Gasteiger partial charge on any atom is -0.472 e. The fraction of sp³-hybridized carbons (Fsp3) is 0.312. The van der Waals surface area contributed by atoms with Gasteiger partial charge in [-0.3, -0.25) is 0 Å². The molecule has 1 saturated heterocycles. The van der Waals surface area contributed by atoms with Gasteiger partial charge in [-0.05, 0) is 34.2 Å². The van der Waals surface area contributed by atoms with Crippen molar-refractivity contribution in [1.82, 2.24) is 24.3 Å². The molecule has 9 heteroatoms. The van der Waals surface area contributed by atoms with E-state index in [1.54, 1.807) is 10.8 Å². The fourth-order valence-corrected chi connectivity index (χ4v) is 4.32. The number of aromatic nitrogens is 5. The highest BCUT2D eigenvalue weighted by molar-refractivity contribution is 14.2. The highest BCUT2D eigenvalue weighted by Crippen LogP contribution is 2.35. The van der Waals surface area contributed by atoms with Gasteiger partial charge in [0.05, 0.1) is 37.0 Å². The first-order chi connectivity index (χ1) is 12.2. The van der Waals surface area contributed by atoms with Crippen LogP contribution in [0.4, 0.5) is 0 Å². The van der Waals surface area contributed by atoms with Crippen LogP contribution in [0.2, 0.25) is 0 Å². The normalized spacial score (nSPS) is 17.8. The number of nitrogens with zero attached hydrogens (tertiary/aromatic N) is 5. The van der Waals surface area contributed by atoms with E-state index >= 15 is 0 Å². The number of rotatable bonds is 5. The Balaban J connectivity index is 1.78. The smallest absolute Gasteiger partial charge is 0.220 e. The van der Waals surface area contributed by atoms with Crippen molar-refractivity contribution in [1.29, 1.82) is 0 Å². The molecule has 7 nitrogen and oxygen atoms in total. The maximum Gasteiger partial charge on any atom is 0.220 e. The lowest BCUT2D eigenvalue weighted by molar-refractivity contribution is 0.135. The molecule has 0 radical (unpaired) electrons. The second-order valence-electron chi connectivity index (χ2n) is 5.77. The van der Waals surface area contributed by atoms with E-state index in [1.807, 2.05) is 23.9 Å². The lowest BCUT2D eigenvalue weighted by Gasteiger charge is -2.13. The van der Waals surface area contributed by atoms with Gasteiger partial charge in [0.25, 0.3) is 0 Å². The topological polar surface area (TPSA) is 67.0 Å². The third kappa shape index (κ3) is 3.07. The maximum atomic E-state index is 6.13. The van der Waals surface area contributed by atoms with Crippen LogP contribution in [0.5, 0.6) is 5.88 Å². The van der Waals surface area contributed by atoms with Crippen LogP contribution in [0.15, 0.2) is 25.0 Å². The lowest BCUT2D eigenvalue weighted by Crippen LogP contribution is -2.17. The van der Waals surface area contributed by atoms with Crippen molar-refractivity contribution >= 4 is 45.5 Å². The minimum atomic E-state index is 0.0672. The first kappa shape index (κ1) is 16.9. The van der Waals surface area contributed by atoms with Gasteiger partial charge in [0.2, 0.25) is 5.88 Å². The molecule has 1 aliphatic heterocycles. The zero-order chi connectivity index (χ0) is 17.4. The van der Waals surface area contributed by atoms with Crippen molar-refractivity contribution in [2.75, 3.05) is 13.2 Å². The Bertz CT molecular complexity index is 932. The van der Waals surface area contributed by atoms with E-state index in [9.17, 15) is 0 Å². The summed E-state index contributed by atoms with van der Waals surface area (Å²) in [5, 5.41) is 9.89. The molecule has 130 valence electrons. The quantitative estimate of drug-likeness (QED) is 0.423. The van der Waals surface area contributed by atoms with Crippen molar-refractivity contribution in [2.24, 2.45) is 7.05 Å². The molecule has 1 fully saturated rings. The molecular formula is C16H17IN5O2P. The van der Waals surface area contributed by atoms with E-state index in [4.69, 9.17) is 9.47 Å². The van der Waals surface area contributed by atoms with Crippen molar-refractivity contribution in [2.45, 2.75) is 12.5 Å². The first-order valence-corrected chi connectivity index (χ1v) is 11.9. The summed E-state index contributed by atoms with van der Waals surface area (Å²) in [7, 11) is 1.88. The molecule has 1 unspecified atom stereocenters. The van der Waals surface area contributed by atoms with Gasteiger partial charge < -0.3 is 9.47 Å². The van der Waals surface area contributed by atoms with Crippen LogP contribution in [0.1, 0.15) is 12.1 Å². The van der Waals surface area contributed by atoms with E-state index in [1.165, 1.54) is 0 Å². The zero-order valence-electron chi connectivity index (χ0n) is 13.6. The molecule has 0 amide bonds. The lowest BCUT2D eigenvalue weighted by atomic mass is 10.1. The number of aryl methyl sites for hydroxylation is 1. The summed E-state index contributed by atoms with van der Waals surface area (Å²) < 4.78 is 15.2. The van der Waals surface area contributed by atoms with Crippen LogP contribution >= 0.6 is 28.4 Å². The fourth-order valence-electron chi connectivity index (χ4n) is 2.91. The summed E-state index contributed by atoms with van der Waals surface area (Å²) in [6.07, 6.45) is 6.87. The Kier molecular flexibility index (Phi) is 4.75. The molecule has 3 aromatic rings. The molecule has 4 rings (SSSR count). The number of ether oxygens (including phenoxy) is 2. The van der Waals surface area contributed by atoms with Crippen molar-refractivity contribution < 1.29 is 9.47 Å². The summed E-state index contributed by atoms with van der Waals surface area (Å²) >= 11 is 2.30. The molecule has 25 heavy (non-hydrogen) atoms. The van der Waals surface area contributed by atoms with E-state index in [0.29, 0.717) is 13.0 Å². The van der Waals surface area contributed by atoms with E-state index in [2.05, 4.69) is 49.9 Å². The third-order valence-electron chi connectivity index (χ3n) is 4.19. The Morgan fingerprint density at radius 2 is 2.36 bits per heavy atom. The molecule has 0 spiro atoms. The van der Waals surface area contributed by atoms with Crippen LogP contribution in [0, 0.1) is 0 Å². The van der Waals surface area contributed by atoms with Crippen LogP contribution < -0.4 is 4.74 Å². The molecular weight excluding hydrogens is 452 g/mol. The Labute approximate surface area is 159 Å². The molecule has 2 atom stereocenters. The average Bonchev–Trinajstić information content (AvgIpc) is 3.35. The van der Waals surface area contributed by atoms with Gasteiger partial charge in [-0.1, -0.05) is 6.58 Å². The number of hydrogen-bond acceptors (Lipinski definition) is 5. The van der Waals surface area contributed by atoms with Gasteiger partial charge >= 0.3 is 0 Å². The standard InChI is InChI=1S/C16H17IN5O2P/c1-3-14-12-6-10(7-18-15(12)22(20-14)25-17)13-8-19-21(2)16(13)24-11-4-5-23-9-11/h3,6-8,11,25H,1,4-5,9H2,2H3/t11-/m1/s1. The molecule has 0 saturated carbocycles. The number of pyridine rings is 1. The Morgan fingerprint density at radius 1 is 1.48 bits per heavy atom. The number of hydrogen-bond donors (Lipinski definition) is 0. The average molecular weight is 469 g/mol. The monoisotopic (exact) mass is 469 g/mol. The van der Waals surface area contributed by atoms with Crippen molar-refractivity contribution in [3.63, 3.8) is 0 Å². The summed E-state index contributed by atoms with van der Waals surface area (Å²) in [6, 6.07) is 2.08. The molecule has 1 aliphatic rings. The van der Waals surface area contributed by atoms with Crippen LogP contribution in [0.3, 0.4) is 0 Å². The van der Waals surface area contributed by atoms with Gasteiger partial charge in [-0.15, -0.1) is 0 Å². The molecule has 0 N–H and O–H groups in total. The van der Waals surface area contributed by atoms with Gasteiger partial charge in [0.15, 0.2) is 5.65 Å². The summed E-state index contributed by atoms with van der Waals surface area (Å²) in [4.78, 5) is 4.62. The zero-order valence-corrected chi connectivity index (χ0v) is 16.8. The maximum absolute atomic E-state index is 6.13. The predicted octanol–water partition coefficient (Wildman–Crippen LogP) is 3.43. The minimum absolute atomic E-state index is 0.0672. The van der Waals surface area contributed by atoms with Crippen molar-refractivity contribution in [3.8, 4) is 17.0 Å². The SMILES string of the molecule is C=Cc1nn(PI)c2ncc(-c3cnn(C)c3O[C@@H]3CCOC3)cc12. The molecule has 0 bridgehead atoms. The summed E-state index contributed by atoms with van der Waals surface area (Å²) in [6.45, 7) is 5.22. The van der Waals surface area contributed by atoms with Gasteiger partial charge in [-0.2, -0.15) is 10.2 Å². The molecule has 4 heterocycles. The highest BCUT2D eigenvalue weighted by atomic mass is 127. The molecule has 0 aliphatic carbocycles. The number of fused-ring (bicyclic) bond motifs is 1. The highest BCUT2D eigenvalue weighted by Gasteiger charge is 2.22. The molecule has 3 aromatic heterocycles. The van der Waals surface area contributed by atoms with E-state index in [-0.39, 0.29) is 6.10 Å². The largest absolute Gasteiger partial charge is 0.472 e. The third-order valence-corrected chi connectivity index (χ3v) is 6.03. The number of halogens is 1. The van der Waals surface area contributed by atoms with Crippen molar-refractivity contribution in [3.05, 3.63) is 30.7 Å². The Morgan fingerprint density at radius 3 is 3.08 bits per heavy atom. The van der Waals surface area contributed by atoms with E-state index in [0.717, 1.165) is 46.8 Å².